The molecule has 0 radical (unpaired) electrons. The van der Waals surface area contributed by atoms with Gasteiger partial charge in [-0.15, -0.1) is 0 Å². The van der Waals surface area contributed by atoms with Gasteiger partial charge >= 0.3 is 19.8 Å². The van der Waals surface area contributed by atoms with Crippen molar-refractivity contribution in [3.63, 3.8) is 0 Å². The van der Waals surface area contributed by atoms with Crippen molar-refractivity contribution >= 4 is 19.8 Å². The predicted molar refractivity (Wildman–Crippen MR) is 293 cm³/mol. The average molecular weight is 981 g/mol. The molecule has 0 saturated carbocycles. The third kappa shape index (κ3) is 53.6. The van der Waals surface area contributed by atoms with Crippen LogP contribution in [0.4, 0.5) is 0 Å². The molecular formula is C59H99NO8P+. The van der Waals surface area contributed by atoms with Crippen molar-refractivity contribution in [3.8, 4) is 0 Å². The van der Waals surface area contributed by atoms with Crippen LogP contribution < -0.4 is 0 Å². The number of esters is 2. The highest BCUT2D eigenvalue weighted by Gasteiger charge is 2.27. The fraction of sp³-hybridized carbons (Fsp3) is 0.627. The second kappa shape index (κ2) is 49.4. The van der Waals surface area contributed by atoms with Crippen LogP contribution in [0.15, 0.2) is 122 Å². The fourth-order valence-corrected chi connectivity index (χ4v) is 7.34. The van der Waals surface area contributed by atoms with Crippen LogP contribution in [-0.2, 0) is 32.7 Å². The van der Waals surface area contributed by atoms with E-state index in [1.54, 1.807) is 0 Å². The van der Waals surface area contributed by atoms with Gasteiger partial charge in [0.2, 0.25) is 0 Å². The van der Waals surface area contributed by atoms with E-state index in [9.17, 15) is 19.0 Å². The largest absolute Gasteiger partial charge is 0.472 e. The second-order valence-electron chi connectivity index (χ2n) is 18.5. The summed E-state index contributed by atoms with van der Waals surface area (Å²) in [6, 6.07) is 0. The van der Waals surface area contributed by atoms with Gasteiger partial charge in [0.25, 0.3) is 0 Å². The Labute approximate surface area is 422 Å². The molecular weight excluding hydrogens is 882 g/mol. The third-order valence-corrected chi connectivity index (χ3v) is 11.7. The molecule has 2 unspecified atom stereocenters. The molecule has 2 atom stereocenters. The van der Waals surface area contributed by atoms with Crippen LogP contribution in [0.5, 0.6) is 0 Å². The van der Waals surface area contributed by atoms with Gasteiger partial charge in [-0.3, -0.25) is 18.6 Å². The minimum atomic E-state index is -4.39. The summed E-state index contributed by atoms with van der Waals surface area (Å²) >= 11 is 0. The monoisotopic (exact) mass is 981 g/mol. The van der Waals surface area contributed by atoms with Gasteiger partial charge in [-0.05, 0) is 103 Å². The van der Waals surface area contributed by atoms with Gasteiger partial charge in [-0.25, -0.2) is 4.57 Å². The molecule has 0 amide bonds. The number of nitrogens with zero attached hydrogens (tertiary/aromatic N) is 1. The summed E-state index contributed by atoms with van der Waals surface area (Å²) in [6.07, 6.45) is 69.9. The average Bonchev–Trinajstić information content (AvgIpc) is 3.31. The molecule has 0 aromatic heterocycles. The van der Waals surface area contributed by atoms with E-state index in [2.05, 4.69) is 135 Å². The number of phosphoric ester groups is 1. The molecule has 0 aliphatic carbocycles. The number of phosphoric acid groups is 1. The van der Waals surface area contributed by atoms with Crippen molar-refractivity contribution < 1.29 is 42.1 Å². The zero-order valence-electron chi connectivity index (χ0n) is 44.2. The zero-order valence-corrected chi connectivity index (χ0v) is 45.1. The van der Waals surface area contributed by atoms with E-state index in [0.29, 0.717) is 17.4 Å². The molecule has 392 valence electrons. The lowest BCUT2D eigenvalue weighted by Crippen LogP contribution is -2.37. The number of rotatable bonds is 47. The van der Waals surface area contributed by atoms with Gasteiger partial charge in [-0.1, -0.05) is 193 Å². The van der Waals surface area contributed by atoms with E-state index >= 15 is 0 Å². The maximum Gasteiger partial charge on any atom is 0.472 e. The number of unbranched alkanes of at least 4 members (excludes halogenated alkanes) is 13. The second-order valence-corrected chi connectivity index (χ2v) is 20.0. The van der Waals surface area contributed by atoms with E-state index in [1.165, 1.54) is 25.7 Å². The molecule has 0 bridgehead atoms. The lowest BCUT2D eigenvalue weighted by atomic mass is 10.1. The minimum Gasteiger partial charge on any atom is -0.462 e. The fourth-order valence-electron chi connectivity index (χ4n) is 6.60. The molecule has 0 saturated heterocycles. The van der Waals surface area contributed by atoms with Crippen molar-refractivity contribution in [1.29, 1.82) is 0 Å². The van der Waals surface area contributed by atoms with Crippen LogP contribution in [0, 0.1) is 0 Å². The third-order valence-electron chi connectivity index (χ3n) is 10.7. The van der Waals surface area contributed by atoms with Crippen LogP contribution in [-0.4, -0.2) is 74.9 Å². The molecule has 0 spiro atoms. The molecule has 0 rings (SSSR count). The van der Waals surface area contributed by atoms with Gasteiger partial charge in [0.15, 0.2) is 6.10 Å². The van der Waals surface area contributed by atoms with E-state index in [0.717, 1.165) is 128 Å². The highest BCUT2D eigenvalue weighted by molar-refractivity contribution is 7.47. The smallest absolute Gasteiger partial charge is 0.462 e. The number of hydrogen-bond donors (Lipinski definition) is 1. The van der Waals surface area contributed by atoms with E-state index in [1.807, 2.05) is 21.1 Å². The maximum absolute atomic E-state index is 12.7. The Morgan fingerprint density at radius 3 is 1.25 bits per heavy atom. The van der Waals surface area contributed by atoms with Gasteiger partial charge < -0.3 is 18.9 Å². The number of allylic oxidation sites excluding steroid dienone is 20. The Morgan fingerprint density at radius 1 is 0.464 bits per heavy atom. The number of carbonyl (C=O) groups excluding carboxylic acids is 2. The highest BCUT2D eigenvalue weighted by atomic mass is 31.2. The van der Waals surface area contributed by atoms with Crippen LogP contribution in [0.1, 0.15) is 187 Å². The van der Waals surface area contributed by atoms with Gasteiger partial charge in [0, 0.05) is 12.8 Å². The molecule has 0 aliphatic heterocycles. The maximum atomic E-state index is 12.7. The quantitative estimate of drug-likeness (QED) is 0.0211. The van der Waals surface area contributed by atoms with Crippen LogP contribution >= 0.6 is 7.82 Å². The summed E-state index contributed by atoms with van der Waals surface area (Å²) in [5.41, 5.74) is 0. The molecule has 0 fully saturated rings. The number of ether oxygens (including phenoxy) is 2. The topological polar surface area (TPSA) is 108 Å². The van der Waals surface area contributed by atoms with Crippen molar-refractivity contribution in [3.05, 3.63) is 122 Å². The van der Waals surface area contributed by atoms with E-state index in [-0.39, 0.29) is 32.0 Å². The van der Waals surface area contributed by atoms with Crippen LogP contribution in [0.2, 0.25) is 0 Å². The lowest BCUT2D eigenvalue weighted by Gasteiger charge is -2.24. The normalized spacial score (nSPS) is 14.3. The van der Waals surface area contributed by atoms with Crippen molar-refractivity contribution in [2.45, 2.75) is 193 Å². The first-order valence-corrected chi connectivity index (χ1v) is 28.3. The van der Waals surface area contributed by atoms with Crippen molar-refractivity contribution in [2.75, 3.05) is 47.5 Å². The van der Waals surface area contributed by atoms with E-state index < -0.39 is 26.5 Å². The Bertz CT molecular complexity index is 1580. The number of likely N-dealkylation sites (N-methyl/N-ethyl adjacent to an activating group) is 1. The van der Waals surface area contributed by atoms with Crippen molar-refractivity contribution in [2.24, 2.45) is 0 Å². The van der Waals surface area contributed by atoms with Crippen LogP contribution in [0.3, 0.4) is 0 Å². The molecule has 69 heavy (non-hydrogen) atoms. The highest BCUT2D eigenvalue weighted by Crippen LogP contribution is 2.43. The van der Waals surface area contributed by atoms with Gasteiger partial charge in [0.1, 0.15) is 19.8 Å². The molecule has 0 aliphatic rings. The van der Waals surface area contributed by atoms with Gasteiger partial charge in [0.05, 0.1) is 27.7 Å². The molecule has 0 aromatic rings. The molecule has 0 heterocycles. The molecule has 0 aromatic carbocycles. The van der Waals surface area contributed by atoms with E-state index in [4.69, 9.17) is 18.5 Å². The summed E-state index contributed by atoms with van der Waals surface area (Å²) in [7, 11) is 1.44. The Balaban J connectivity index is 4.15. The number of hydrogen-bond acceptors (Lipinski definition) is 7. The Morgan fingerprint density at radius 2 is 0.826 bits per heavy atom. The summed E-state index contributed by atoms with van der Waals surface area (Å²) in [5, 5.41) is 0. The molecule has 10 heteroatoms. The van der Waals surface area contributed by atoms with Gasteiger partial charge in [-0.2, -0.15) is 0 Å². The first-order chi connectivity index (χ1) is 33.5. The SMILES string of the molecule is CC/C=C\C/C=C\C/C=C\C/C=C\C/C=C\C/C=C\C/C=C\C/C=C\C/C=C\CCCCCCCCCC(=O)OC(COC(=O)CCCCCCC/C=C\CCC)COP(=O)(O)OCC[N+](C)(C)C. The minimum absolute atomic E-state index is 0.0218. The molecule has 9 nitrogen and oxygen atoms in total. The zero-order chi connectivity index (χ0) is 50.6. The predicted octanol–water partition coefficient (Wildman–Crippen LogP) is 16.4. The Hall–Kier alpha value is -3.59. The summed E-state index contributed by atoms with van der Waals surface area (Å²) in [5.74, 6) is -0.834. The summed E-state index contributed by atoms with van der Waals surface area (Å²) in [6.45, 7) is 4.20. The lowest BCUT2D eigenvalue weighted by molar-refractivity contribution is -0.870. The first-order valence-electron chi connectivity index (χ1n) is 26.8. The summed E-state index contributed by atoms with van der Waals surface area (Å²) < 4.78 is 34.3. The number of quaternary nitrogens is 1. The number of carbonyl (C=O) groups is 2. The molecule has 1 N–H and O–H groups in total. The first kappa shape index (κ1) is 65.4. The van der Waals surface area contributed by atoms with Crippen molar-refractivity contribution in [1.82, 2.24) is 0 Å². The Kier molecular flexibility index (Phi) is 46.8. The van der Waals surface area contributed by atoms with Crippen LogP contribution in [0.25, 0.3) is 0 Å². The summed E-state index contributed by atoms with van der Waals surface area (Å²) in [4.78, 5) is 35.4. The standard InChI is InChI=1S/C59H98NO8P/c1-6-8-10-12-14-16-18-19-20-21-22-23-24-25-26-27-28-29-30-31-32-33-34-35-36-37-38-39-40-41-42-44-46-48-50-52-59(62)68-57(56-67-69(63,64)66-54-53-60(3,4)5)55-65-58(61)51-49-47-45-43-17-15-13-11-9-7-2/h8,10-11,13-14,16,19-20,22-23,25-26,28-29,31-32,34-35,37-38,57H,6-7,9,12,15,17-18,21,24,27,30,33,36,39-56H2,1-5H3/p+1/b10-8-,13-11-,16-14-,20-19-,23-22-,26-25-,29-28-,32-31-,35-34-,38-37-.